The number of nitrogens with one attached hydrogen (secondary N) is 1. The van der Waals surface area contributed by atoms with Crippen molar-refractivity contribution >= 4 is 5.69 Å². The summed E-state index contributed by atoms with van der Waals surface area (Å²) in [5, 5.41) is 3.58. The molecule has 0 radical (unpaired) electrons. The molecule has 0 fully saturated rings. The van der Waals surface area contributed by atoms with Gasteiger partial charge in [0.2, 0.25) is 0 Å². The van der Waals surface area contributed by atoms with Crippen LogP contribution in [0.2, 0.25) is 0 Å². The summed E-state index contributed by atoms with van der Waals surface area (Å²) in [5.74, 6) is 0.926. The van der Waals surface area contributed by atoms with E-state index in [-0.39, 0.29) is 6.04 Å². The number of aryl methyl sites for hydroxylation is 2. The van der Waals surface area contributed by atoms with Gasteiger partial charge in [0, 0.05) is 11.7 Å². The van der Waals surface area contributed by atoms with E-state index in [4.69, 9.17) is 4.74 Å². The summed E-state index contributed by atoms with van der Waals surface area (Å²) >= 11 is 0. The first kappa shape index (κ1) is 14.4. The number of ether oxygens (including phenoxy) is 1. The molecule has 0 aromatic heterocycles. The summed E-state index contributed by atoms with van der Waals surface area (Å²) in [6, 6.07) is 15.1. The number of rotatable bonds is 5. The molecule has 2 rings (SSSR count). The van der Waals surface area contributed by atoms with Crippen LogP contribution in [0.25, 0.3) is 0 Å². The lowest BCUT2D eigenvalue weighted by atomic mass is 10.1. The number of anilines is 1. The minimum atomic E-state index is 0.270. The van der Waals surface area contributed by atoms with Crippen molar-refractivity contribution in [3.63, 3.8) is 0 Å². The fraction of sp³-hybridized carbons (Fsp3) is 0.333. The zero-order valence-electron chi connectivity index (χ0n) is 12.7. The summed E-state index contributed by atoms with van der Waals surface area (Å²) in [7, 11) is 0. The zero-order chi connectivity index (χ0) is 14.5. The number of benzene rings is 2. The maximum atomic E-state index is 5.47. The molecule has 2 heteroatoms. The predicted molar refractivity (Wildman–Crippen MR) is 85.6 cm³/mol. The van der Waals surface area contributed by atoms with Gasteiger partial charge in [0.15, 0.2) is 0 Å². The van der Waals surface area contributed by atoms with E-state index in [1.807, 2.05) is 19.1 Å². The quantitative estimate of drug-likeness (QED) is 0.835. The van der Waals surface area contributed by atoms with Gasteiger partial charge < -0.3 is 10.1 Å². The van der Waals surface area contributed by atoms with Crippen molar-refractivity contribution < 1.29 is 4.74 Å². The molecule has 20 heavy (non-hydrogen) atoms. The van der Waals surface area contributed by atoms with E-state index in [1.165, 1.54) is 22.4 Å². The Morgan fingerprint density at radius 1 is 1.05 bits per heavy atom. The van der Waals surface area contributed by atoms with Crippen molar-refractivity contribution in [2.45, 2.75) is 33.7 Å². The van der Waals surface area contributed by atoms with Crippen LogP contribution in [0, 0.1) is 13.8 Å². The Morgan fingerprint density at radius 3 is 2.40 bits per heavy atom. The summed E-state index contributed by atoms with van der Waals surface area (Å²) < 4.78 is 5.47. The molecular formula is C18H23NO. The third kappa shape index (κ3) is 3.53. The lowest BCUT2D eigenvalue weighted by Gasteiger charge is -2.18. The Morgan fingerprint density at radius 2 is 1.75 bits per heavy atom. The van der Waals surface area contributed by atoms with Crippen LogP contribution >= 0.6 is 0 Å². The molecule has 0 spiro atoms. The lowest BCUT2D eigenvalue weighted by molar-refractivity contribution is 0.340. The first-order chi connectivity index (χ1) is 9.60. The Bertz CT molecular complexity index is 560. The smallest absolute Gasteiger partial charge is 0.119 e. The zero-order valence-corrected chi connectivity index (χ0v) is 12.7. The van der Waals surface area contributed by atoms with Crippen LogP contribution < -0.4 is 10.1 Å². The average Bonchev–Trinajstić information content (AvgIpc) is 2.44. The summed E-state index contributed by atoms with van der Waals surface area (Å²) in [5.41, 5.74) is 5.01. The highest BCUT2D eigenvalue weighted by Gasteiger charge is 2.07. The van der Waals surface area contributed by atoms with Gasteiger partial charge in [-0.05, 0) is 62.6 Å². The molecule has 2 aromatic rings. The Balaban J connectivity index is 2.11. The molecule has 0 amide bonds. The fourth-order valence-electron chi connectivity index (χ4n) is 2.23. The van der Waals surface area contributed by atoms with E-state index >= 15 is 0 Å². The second kappa shape index (κ2) is 6.47. The fourth-order valence-corrected chi connectivity index (χ4v) is 2.23. The van der Waals surface area contributed by atoms with Crippen molar-refractivity contribution in [1.29, 1.82) is 0 Å². The monoisotopic (exact) mass is 269 g/mol. The maximum absolute atomic E-state index is 5.47. The van der Waals surface area contributed by atoms with Gasteiger partial charge in [0.1, 0.15) is 5.75 Å². The van der Waals surface area contributed by atoms with Crippen LogP contribution in [0.4, 0.5) is 5.69 Å². The summed E-state index contributed by atoms with van der Waals surface area (Å²) in [4.78, 5) is 0. The topological polar surface area (TPSA) is 21.3 Å². The van der Waals surface area contributed by atoms with Gasteiger partial charge in [-0.1, -0.05) is 24.3 Å². The van der Waals surface area contributed by atoms with Gasteiger partial charge in [-0.2, -0.15) is 0 Å². The first-order valence-electron chi connectivity index (χ1n) is 7.16. The SMILES string of the molecule is CCOc1ccc(C(C)Nc2cc(C)ccc2C)cc1. The second-order valence-electron chi connectivity index (χ2n) is 5.19. The van der Waals surface area contributed by atoms with Crippen molar-refractivity contribution in [3.8, 4) is 5.75 Å². The van der Waals surface area contributed by atoms with Crippen molar-refractivity contribution in [2.24, 2.45) is 0 Å². The molecular weight excluding hydrogens is 246 g/mol. The van der Waals surface area contributed by atoms with Crippen LogP contribution in [-0.2, 0) is 0 Å². The first-order valence-corrected chi connectivity index (χ1v) is 7.16. The largest absolute Gasteiger partial charge is 0.494 e. The van der Waals surface area contributed by atoms with Gasteiger partial charge in [0.05, 0.1) is 6.61 Å². The van der Waals surface area contributed by atoms with Crippen LogP contribution in [0.15, 0.2) is 42.5 Å². The van der Waals surface area contributed by atoms with Crippen molar-refractivity contribution in [1.82, 2.24) is 0 Å². The van der Waals surface area contributed by atoms with E-state index in [0.29, 0.717) is 6.61 Å². The van der Waals surface area contributed by atoms with Crippen LogP contribution in [0.1, 0.15) is 36.6 Å². The molecule has 0 aliphatic carbocycles. The molecule has 2 aromatic carbocycles. The van der Waals surface area contributed by atoms with E-state index in [0.717, 1.165) is 5.75 Å². The highest BCUT2D eigenvalue weighted by atomic mass is 16.5. The molecule has 0 saturated heterocycles. The highest BCUT2D eigenvalue weighted by Crippen LogP contribution is 2.24. The molecule has 1 unspecified atom stereocenters. The van der Waals surface area contributed by atoms with Gasteiger partial charge in [-0.3, -0.25) is 0 Å². The summed E-state index contributed by atoms with van der Waals surface area (Å²) in [6.07, 6.45) is 0. The van der Waals surface area contributed by atoms with Crippen LogP contribution in [-0.4, -0.2) is 6.61 Å². The van der Waals surface area contributed by atoms with E-state index in [2.05, 4.69) is 56.4 Å². The summed E-state index contributed by atoms with van der Waals surface area (Å²) in [6.45, 7) is 9.13. The Kier molecular flexibility index (Phi) is 4.67. The van der Waals surface area contributed by atoms with Gasteiger partial charge in [-0.15, -0.1) is 0 Å². The van der Waals surface area contributed by atoms with E-state index in [1.54, 1.807) is 0 Å². The average molecular weight is 269 g/mol. The van der Waals surface area contributed by atoms with Gasteiger partial charge in [-0.25, -0.2) is 0 Å². The van der Waals surface area contributed by atoms with E-state index < -0.39 is 0 Å². The molecule has 1 N–H and O–H groups in total. The molecule has 0 saturated carbocycles. The van der Waals surface area contributed by atoms with Crippen molar-refractivity contribution in [3.05, 3.63) is 59.2 Å². The molecule has 0 aliphatic heterocycles. The number of hydrogen-bond acceptors (Lipinski definition) is 2. The Hall–Kier alpha value is -1.96. The third-order valence-corrected chi connectivity index (χ3v) is 3.46. The minimum absolute atomic E-state index is 0.270. The molecule has 0 bridgehead atoms. The molecule has 2 nitrogen and oxygen atoms in total. The van der Waals surface area contributed by atoms with Crippen molar-refractivity contribution in [2.75, 3.05) is 11.9 Å². The molecule has 106 valence electrons. The van der Waals surface area contributed by atoms with Crippen LogP contribution in [0.5, 0.6) is 5.75 Å². The number of hydrogen-bond donors (Lipinski definition) is 1. The van der Waals surface area contributed by atoms with Gasteiger partial charge >= 0.3 is 0 Å². The standard InChI is InChI=1S/C18H23NO/c1-5-20-17-10-8-16(9-11-17)15(4)19-18-12-13(2)6-7-14(18)3/h6-12,15,19H,5H2,1-4H3. The molecule has 0 aliphatic rings. The second-order valence-corrected chi connectivity index (χ2v) is 5.19. The molecule has 0 heterocycles. The predicted octanol–water partition coefficient (Wildman–Crippen LogP) is 4.88. The molecule has 1 atom stereocenters. The minimum Gasteiger partial charge on any atom is -0.494 e. The third-order valence-electron chi connectivity index (χ3n) is 3.46. The lowest BCUT2D eigenvalue weighted by Crippen LogP contribution is -2.07. The Labute approximate surface area is 121 Å². The van der Waals surface area contributed by atoms with Gasteiger partial charge in [0.25, 0.3) is 0 Å². The normalized spacial score (nSPS) is 12.0. The highest BCUT2D eigenvalue weighted by molar-refractivity contribution is 5.54. The van der Waals surface area contributed by atoms with Crippen LogP contribution in [0.3, 0.4) is 0 Å². The maximum Gasteiger partial charge on any atom is 0.119 e. The van der Waals surface area contributed by atoms with E-state index in [9.17, 15) is 0 Å².